The number of fused-ring (bicyclic) bond motifs is 3. The normalized spacial score (nSPS) is 12.5. The maximum Gasteiger partial charge on any atom is 0.256 e. The van der Waals surface area contributed by atoms with Crippen molar-refractivity contribution in [2.75, 3.05) is 71.7 Å². The number of ether oxygens (including phenoxy) is 8. The zero-order chi connectivity index (χ0) is 85.8. The van der Waals surface area contributed by atoms with Gasteiger partial charge in [-0.05, 0) is 155 Å². The molecule has 6 aromatic heterocycles. The third-order valence-corrected chi connectivity index (χ3v) is 26.6. The molecule has 18 rings (SSSR count). The van der Waals surface area contributed by atoms with E-state index in [9.17, 15) is 33.7 Å². The van der Waals surface area contributed by atoms with Crippen molar-refractivity contribution in [2.45, 2.75) is 72.6 Å². The van der Waals surface area contributed by atoms with Gasteiger partial charge in [0.1, 0.15) is 28.7 Å². The van der Waals surface area contributed by atoms with E-state index < -0.39 is 49.7 Å². The molecule has 0 spiro atoms. The van der Waals surface area contributed by atoms with Crippen LogP contribution in [0.3, 0.4) is 0 Å². The van der Waals surface area contributed by atoms with Crippen molar-refractivity contribution < 1.29 is 71.6 Å². The molecular weight excluding hydrogens is 1650 g/mol. The Balaban J connectivity index is 0.000000131. The lowest BCUT2D eigenvalue weighted by molar-refractivity contribution is 0.356. The van der Waals surface area contributed by atoms with Gasteiger partial charge in [0, 0.05) is 95.1 Å². The summed E-state index contributed by atoms with van der Waals surface area (Å²) in [7, 11) is -8.18. The molecule has 0 saturated carbocycles. The van der Waals surface area contributed by atoms with Crippen LogP contribution in [0.4, 0.5) is 29.0 Å². The van der Waals surface area contributed by atoms with Crippen LogP contribution in [0.5, 0.6) is 46.4 Å². The smallest absolute Gasteiger partial charge is 0.256 e. The van der Waals surface area contributed by atoms with Crippen LogP contribution in [-0.4, -0.2) is 149 Å². The summed E-state index contributed by atoms with van der Waals surface area (Å²) < 4.78 is 152. The molecule has 123 heavy (non-hydrogen) atoms. The number of aromatic nitrogens is 12. The van der Waals surface area contributed by atoms with Crippen LogP contribution in [0, 0.1) is 0 Å². The Bertz CT molecular complexity index is 6710. The molecule has 0 fully saturated rings. The molecule has 0 aliphatic carbocycles. The molecule has 35 heteroatoms. The fraction of sp³-hybridized carbons (Fsp3) is 0.148. The number of hydrogen-bond donors (Lipinski definition) is 4. The maximum absolute atomic E-state index is 13.7. The number of nitrogens with one attached hydrogen (secondary N) is 3. The average molecular weight is 1730 g/mol. The predicted molar refractivity (Wildman–Crippen MR) is 455 cm³/mol. The summed E-state index contributed by atoms with van der Waals surface area (Å²) in [5.41, 5.74) is 18.5. The minimum Gasteiger partial charge on any atom is -0.497 e. The van der Waals surface area contributed by atoms with Gasteiger partial charge in [-0.25, -0.2) is 53.7 Å². The van der Waals surface area contributed by atoms with Gasteiger partial charge in [-0.1, -0.05) is 97.1 Å². The highest BCUT2D eigenvalue weighted by Crippen LogP contribution is 2.45. The third-order valence-electron chi connectivity index (χ3n) is 20.0. The molecule has 9 heterocycles. The highest BCUT2D eigenvalue weighted by atomic mass is 32.2. The number of nitrogen functional groups attached to an aromatic ring is 1. The molecular formula is C88H79N15O16S4. The largest absolute Gasteiger partial charge is 0.497 e. The summed E-state index contributed by atoms with van der Waals surface area (Å²) in [5.74, 6) is 5.71. The van der Waals surface area contributed by atoms with Crippen LogP contribution in [-0.2, 0) is 71.7 Å². The van der Waals surface area contributed by atoms with E-state index in [2.05, 4.69) is 61.2 Å². The van der Waals surface area contributed by atoms with E-state index in [1.54, 1.807) is 161 Å². The molecule has 15 aromatic rings. The van der Waals surface area contributed by atoms with Crippen molar-refractivity contribution in [3.63, 3.8) is 0 Å². The number of hydrogen-bond acceptors (Lipinski definition) is 28. The van der Waals surface area contributed by atoms with Gasteiger partial charge in [0.2, 0.25) is 74.0 Å². The Kier molecular flexibility index (Phi) is 24.8. The highest BCUT2D eigenvalue weighted by Gasteiger charge is 2.35. The van der Waals surface area contributed by atoms with Crippen LogP contribution in [0.1, 0.15) is 27.8 Å². The van der Waals surface area contributed by atoms with Gasteiger partial charge in [0.25, 0.3) is 15.5 Å². The number of aromatic amines is 1. The van der Waals surface area contributed by atoms with Gasteiger partial charge in [-0.2, -0.15) is 4.98 Å². The van der Waals surface area contributed by atoms with Crippen LogP contribution in [0.15, 0.2) is 301 Å². The summed E-state index contributed by atoms with van der Waals surface area (Å²) in [6.45, 7) is 1.95. The number of sulfone groups is 4. The fourth-order valence-corrected chi connectivity index (χ4v) is 18.9. The molecule has 0 radical (unpaired) electrons. The molecule has 0 atom stereocenters. The van der Waals surface area contributed by atoms with Crippen molar-refractivity contribution >= 4 is 68.3 Å². The first kappa shape index (κ1) is 83.5. The Morgan fingerprint density at radius 2 is 0.748 bits per heavy atom. The van der Waals surface area contributed by atoms with Crippen molar-refractivity contribution in [1.82, 2.24) is 59.7 Å². The number of benzene rings is 9. The first-order valence-corrected chi connectivity index (χ1v) is 44.0. The lowest BCUT2D eigenvalue weighted by atomic mass is 9.99. The molecule has 0 bridgehead atoms. The van der Waals surface area contributed by atoms with Crippen LogP contribution < -0.4 is 54.3 Å². The lowest BCUT2D eigenvalue weighted by Crippen LogP contribution is -2.17. The number of H-pyrrole nitrogens is 1. The second kappa shape index (κ2) is 36.6. The minimum atomic E-state index is -4.12. The Morgan fingerprint density at radius 1 is 0.390 bits per heavy atom. The Labute approximate surface area is 708 Å². The topological polar surface area (TPSA) is 402 Å². The number of rotatable bonds is 24. The second-order valence-corrected chi connectivity index (χ2v) is 34.8. The van der Waals surface area contributed by atoms with Crippen molar-refractivity contribution in [1.29, 1.82) is 0 Å². The van der Waals surface area contributed by atoms with E-state index in [0.717, 1.165) is 101 Å². The van der Waals surface area contributed by atoms with Gasteiger partial charge >= 0.3 is 0 Å². The first-order valence-electron chi connectivity index (χ1n) is 38.1. The molecule has 31 nitrogen and oxygen atoms in total. The summed E-state index contributed by atoms with van der Waals surface area (Å²) >= 11 is 0. The first-order chi connectivity index (χ1) is 59.7. The quantitative estimate of drug-likeness (QED) is 0.0408. The standard InChI is InChI=1S/C30H27N5O5S.C22H19N5O4S.C22H19N3O5S2.C14H14N2O2/c1-38-22-10-8-20(9-11-22)19-35-29(33-34-30(35)41(36,37)23-6-4-3-5-7-23)32-28-24(12-13-26-25(28)15-17-40-26)21-14-16-31-27(18-21)39-2;1-30-19-13-14(9-11-23-19)16-7-8-18-17(10-12-31-18)20(16)24-21-25-22(27-26-21)32(28,29)15-5-3-2-4-6-15;1-30-18-14-12-17(13-15-18)16-25-21(31(26,27)19-8-4-2-5-9-19)23-24-22(25)32(28,29)20-10-6-3-7-11-20;1-17-13-8-9(4-6-16-13)10-2-3-12-11(14(10)15)5-7-18-12/h3-14,16,18H,15,17,19H2,1-2H3,(H,32,33);2-9,11,13H,10,12H2,1H3,(H2,24,25,26,27);2-15H,16H2,1H3;2-4,6,8H,5,7,15H2,1H3. The minimum absolute atomic E-state index is 0.00737. The highest BCUT2D eigenvalue weighted by molar-refractivity contribution is 7.92. The zero-order valence-corrected chi connectivity index (χ0v) is 69.9. The number of nitrogens with two attached hydrogens (primary N) is 1. The predicted octanol–water partition coefficient (Wildman–Crippen LogP) is 13.6. The summed E-state index contributed by atoms with van der Waals surface area (Å²) in [5, 5.41) is 28.1. The van der Waals surface area contributed by atoms with Crippen LogP contribution in [0.25, 0.3) is 33.4 Å². The van der Waals surface area contributed by atoms with E-state index in [1.807, 2.05) is 97.1 Å². The summed E-state index contributed by atoms with van der Waals surface area (Å²) in [4.78, 5) is 17.0. The van der Waals surface area contributed by atoms with Gasteiger partial charge in [-0.15, -0.1) is 25.5 Å². The summed E-state index contributed by atoms with van der Waals surface area (Å²) in [6, 6.07) is 68.9. The molecule has 3 aliphatic rings. The average Bonchev–Trinajstić information content (AvgIpc) is 1.62. The maximum atomic E-state index is 13.7. The molecule has 0 saturated heterocycles. The van der Waals surface area contributed by atoms with Crippen molar-refractivity contribution in [3.8, 4) is 79.8 Å². The Morgan fingerprint density at radius 3 is 1.16 bits per heavy atom. The van der Waals surface area contributed by atoms with Crippen molar-refractivity contribution in [2.24, 2.45) is 0 Å². The van der Waals surface area contributed by atoms with Gasteiger partial charge in [0.15, 0.2) is 0 Å². The monoisotopic (exact) mass is 1730 g/mol. The van der Waals surface area contributed by atoms with E-state index in [4.69, 9.17) is 43.6 Å². The van der Waals surface area contributed by atoms with E-state index in [-0.39, 0.29) is 54.9 Å². The number of pyridine rings is 3. The molecule has 5 N–H and O–H groups in total. The fourth-order valence-electron chi connectivity index (χ4n) is 13.8. The van der Waals surface area contributed by atoms with E-state index >= 15 is 0 Å². The van der Waals surface area contributed by atoms with Gasteiger partial charge in [-0.3, -0.25) is 9.13 Å². The van der Waals surface area contributed by atoms with Crippen LogP contribution in [0.2, 0.25) is 0 Å². The molecule has 0 unspecified atom stereocenters. The molecule has 9 aromatic carbocycles. The molecule has 626 valence electrons. The SMILES string of the molecule is COc1cc(-c2ccc3c(c2N)CCO3)ccn1.COc1cc(-c2ccc3c(c2Nc2n[nH]c(S(=O)(=O)c4ccccc4)n2)CCO3)ccn1.COc1ccc(Cn2c(Nc3c(-c4ccnc(OC)c4)ccc4c3CCO4)nnc2S(=O)(=O)c2ccccc2)cc1.COc1ccc(Cn2c(S(=O)(=O)c3ccccc3)nnc2S(=O)(=O)c2ccccc2)cc1. The van der Waals surface area contributed by atoms with E-state index in [0.29, 0.717) is 67.4 Å². The van der Waals surface area contributed by atoms with Gasteiger partial charge < -0.3 is 54.3 Å². The number of methoxy groups -OCH3 is 5. The molecule has 0 amide bonds. The lowest BCUT2D eigenvalue weighted by Gasteiger charge is -2.17. The zero-order valence-electron chi connectivity index (χ0n) is 66.6. The summed E-state index contributed by atoms with van der Waals surface area (Å²) in [6.07, 6.45) is 7.31. The molecule has 3 aliphatic heterocycles. The number of nitrogens with zero attached hydrogens (tertiary/aromatic N) is 11. The van der Waals surface area contributed by atoms with Crippen LogP contribution >= 0.6 is 0 Å². The Hall–Kier alpha value is -14.6. The van der Waals surface area contributed by atoms with E-state index in [1.165, 1.54) is 43.5 Å². The number of anilines is 5. The second-order valence-electron chi connectivity index (χ2n) is 27.4. The van der Waals surface area contributed by atoms with Gasteiger partial charge in [0.05, 0.1) is 99.4 Å². The third kappa shape index (κ3) is 18.0. The van der Waals surface area contributed by atoms with Crippen molar-refractivity contribution in [3.05, 3.63) is 289 Å².